The highest BCUT2D eigenvalue weighted by molar-refractivity contribution is 5.93. The van der Waals surface area contributed by atoms with Gasteiger partial charge in [-0.2, -0.15) is 0 Å². The number of carbonyl (C=O) groups is 1. The van der Waals surface area contributed by atoms with E-state index < -0.39 is 0 Å². The van der Waals surface area contributed by atoms with E-state index in [1.165, 1.54) is 25.6 Å². The first kappa shape index (κ1) is 17.2. The standard InChI is InChI=1S/C19H25N5O/c1-24(2)16-10-8-15(9-11-16)22-18-12-17(20-13-21-18)19(25)23-14-6-4-3-5-7-14/h8-14H,3-7H2,1-2H3,(H,23,25)(H,20,21,22). The zero-order valence-corrected chi connectivity index (χ0v) is 14.8. The van der Waals surface area contributed by atoms with Gasteiger partial charge in [-0.15, -0.1) is 0 Å². The highest BCUT2D eigenvalue weighted by atomic mass is 16.1. The van der Waals surface area contributed by atoms with Crippen LogP contribution in [0.2, 0.25) is 0 Å². The first-order chi connectivity index (χ1) is 12.1. The first-order valence-electron chi connectivity index (χ1n) is 8.79. The van der Waals surface area contributed by atoms with Crippen LogP contribution in [0.25, 0.3) is 0 Å². The molecule has 1 saturated carbocycles. The molecule has 0 radical (unpaired) electrons. The number of anilines is 3. The molecule has 6 nitrogen and oxygen atoms in total. The summed E-state index contributed by atoms with van der Waals surface area (Å²) in [6.45, 7) is 0. The maximum Gasteiger partial charge on any atom is 0.270 e. The van der Waals surface area contributed by atoms with Gasteiger partial charge in [0, 0.05) is 37.6 Å². The Hall–Kier alpha value is -2.63. The van der Waals surface area contributed by atoms with Crippen molar-refractivity contribution < 1.29 is 4.79 Å². The summed E-state index contributed by atoms with van der Waals surface area (Å²) in [6.07, 6.45) is 7.17. The lowest BCUT2D eigenvalue weighted by atomic mass is 9.95. The molecule has 0 atom stereocenters. The Morgan fingerprint density at radius 2 is 1.80 bits per heavy atom. The third-order valence-corrected chi connectivity index (χ3v) is 4.50. The molecule has 2 aromatic rings. The van der Waals surface area contributed by atoms with E-state index in [2.05, 4.69) is 20.6 Å². The van der Waals surface area contributed by atoms with E-state index in [1.807, 2.05) is 43.3 Å². The van der Waals surface area contributed by atoms with Crippen LogP contribution in [-0.2, 0) is 0 Å². The summed E-state index contributed by atoms with van der Waals surface area (Å²) in [4.78, 5) is 22.8. The van der Waals surface area contributed by atoms with Crippen molar-refractivity contribution in [2.75, 3.05) is 24.3 Å². The molecule has 132 valence electrons. The quantitative estimate of drug-likeness (QED) is 0.874. The molecule has 0 unspecified atom stereocenters. The third-order valence-electron chi connectivity index (χ3n) is 4.50. The number of nitrogens with one attached hydrogen (secondary N) is 2. The molecular formula is C19H25N5O. The third kappa shape index (κ3) is 4.68. The molecule has 1 amide bonds. The lowest BCUT2D eigenvalue weighted by molar-refractivity contribution is 0.0922. The van der Waals surface area contributed by atoms with Gasteiger partial charge in [0.15, 0.2) is 0 Å². The average Bonchev–Trinajstić information content (AvgIpc) is 2.63. The number of rotatable bonds is 5. The van der Waals surface area contributed by atoms with Crippen LogP contribution in [0.5, 0.6) is 0 Å². The van der Waals surface area contributed by atoms with Crippen LogP contribution in [0.15, 0.2) is 36.7 Å². The zero-order valence-electron chi connectivity index (χ0n) is 14.8. The van der Waals surface area contributed by atoms with E-state index in [4.69, 9.17) is 0 Å². The molecule has 1 aliphatic carbocycles. The van der Waals surface area contributed by atoms with Crippen LogP contribution in [0.1, 0.15) is 42.6 Å². The van der Waals surface area contributed by atoms with E-state index in [9.17, 15) is 4.79 Å². The molecular weight excluding hydrogens is 314 g/mol. The highest BCUT2D eigenvalue weighted by Gasteiger charge is 2.17. The number of carbonyl (C=O) groups excluding carboxylic acids is 1. The van der Waals surface area contributed by atoms with Gasteiger partial charge >= 0.3 is 0 Å². The molecule has 1 aliphatic rings. The fraction of sp³-hybridized carbons (Fsp3) is 0.421. The highest BCUT2D eigenvalue weighted by Crippen LogP contribution is 2.20. The number of nitrogens with zero attached hydrogens (tertiary/aromatic N) is 3. The van der Waals surface area contributed by atoms with Crippen molar-refractivity contribution in [2.45, 2.75) is 38.1 Å². The van der Waals surface area contributed by atoms with Crippen molar-refractivity contribution in [3.8, 4) is 0 Å². The van der Waals surface area contributed by atoms with Crippen LogP contribution >= 0.6 is 0 Å². The normalized spacial score (nSPS) is 14.8. The van der Waals surface area contributed by atoms with Crippen molar-refractivity contribution in [1.29, 1.82) is 0 Å². The van der Waals surface area contributed by atoms with Crippen molar-refractivity contribution in [3.63, 3.8) is 0 Å². The lowest BCUT2D eigenvalue weighted by Crippen LogP contribution is -2.36. The summed E-state index contributed by atoms with van der Waals surface area (Å²) in [7, 11) is 4.01. The van der Waals surface area contributed by atoms with E-state index >= 15 is 0 Å². The van der Waals surface area contributed by atoms with Crippen molar-refractivity contribution in [1.82, 2.24) is 15.3 Å². The van der Waals surface area contributed by atoms with Crippen LogP contribution in [0.4, 0.5) is 17.2 Å². The van der Waals surface area contributed by atoms with Crippen molar-refractivity contribution in [3.05, 3.63) is 42.4 Å². The Labute approximate surface area is 148 Å². The van der Waals surface area contributed by atoms with E-state index in [0.29, 0.717) is 11.5 Å². The number of amides is 1. The molecule has 0 spiro atoms. The van der Waals surface area contributed by atoms with Gasteiger partial charge in [-0.05, 0) is 37.1 Å². The van der Waals surface area contributed by atoms with E-state index in [1.54, 1.807) is 6.07 Å². The molecule has 1 aromatic carbocycles. The number of aromatic nitrogens is 2. The summed E-state index contributed by atoms with van der Waals surface area (Å²) in [6, 6.07) is 9.99. The number of benzene rings is 1. The maximum atomic E-state index is 12.4. The second-order valence-corrected chi connectivity index (χ2v) is 6.66. The molecule has 1 aromatic heterocycles. The fourth-order valence-corrected chi connectivity index (χ4v) is 3.05. The van der Waals surface area contributed by atoms with E-state index in [0.717, 1.165) is 24.2 Å². The van der Waals surface area contributed by atoms with Gasteiger partial charge < -0.3 is 15.5 Å². The molecule has 0 bridgehead atoms. The SMILES string of the molecule is CN(C)c1ccc(Nc2cc(C(=O)NC3CCCCC3)ncn2)cc1. The summed E-state index contributed by atoms with van der Waals surface area (Å²) in [5.74, 6) is 0.488. The van der Waals surface area contributed by atoms with Crippen LogP contribution in [0.3, 0.4) is 0 Å². The molecule has 1 heterocycles. The Kier molecular flexibility index (Phi) is 5.48. The monoisotopic (exact) mass is 339 g/mol. The Morgan fingerprint density at radius 1 is 1.08 bits per heavy atom. The molecule has 3 rings (SSSR count). The van der Waals surface area contributed by atoms with Crippen molar-refractivity contribution in [2.24, 2.45) is 0 Å². The molecule has 6 heteroatoms. The maximum absolute atomic E-state index is 12.4. The number of hydrogen-bond donors (Lipinski definition) is 2. The van der Waals surface area contributed by atoms with Crippen LogP contribution in [-0.4, -0.2) is 36.0 Å². The summed E-state index contributed by atoms with van der Waals surface area (Å²) < 4.78 is 0. The largest absolute Gasteiger partial charge is 0.378 e. The summed E-state index contributed by atoms with van der Waals surface area (Å²) >= 11 is 0. The van der Waals surface area contributed by atoms with Gasteiger partial charge in [-0.1, -0.05) is 19.3 Å². The molecule has 25 heavy (non-hydrogen) atoms. The summed E-state index contributed by atoms with van der Waals surface area (Å²) in [5, 5.41) is 6.30. The molecule has 2 N–H and O–H groups in total. The zero-order chi connectivity index (χ0) is 17.6. The fourth-order valence-electron chi connectivity index (χ4n) is 3.05. The van der Waals surface area contributed by atoms with Gasteiger partial charge in [0.05, 0.1) is 0 Å². The second kappa shape index (κ2) is 7.96. The minimum Gasteiger partial charge on any atom is -0.378 e. The summed E-state index contributed by atoms with van der Waals surface area (Å²) in [5.41, 5.74) is 2.44. The Balaban J connectivity index is 1.65. The Bertz CT molecular complexity index is 708. The second-order valence-electron chi connectivity index (χ2n) is 6.66. The molecule has 0 aliphatic heterocycles. The number of hydrogen-bond acceptors (Lipinski definition) is 5. The minimum atomic E-state index is -0.125. The predicted molar refractivity (Wildman–Crippen MR) is 100 cm³/mol. The van der Waals surface area contributed by atoms with E-state index in [-0.39, 0.29) is 11.9 Å². The van der Waals surface area contributed by atoms with Gasteiger partial charge in [0.25, 0.3) is 5.91 Å². The van der Waals surface area contributed by atoms with Crippen LogP contribution in [0, 0.1) is 0 Å². The smallest absolute Gasteiger partial charge is 0.270 e. The van der Waals surface area contributed by atoms with Crippen LogP contribution < -0.4 is 15.5 Å². The van der Waals surface area contributed by atoms with Crippen molar-refractivity contribution >= 4 is 23.1 Å². The topological polar surface area (TPSA) is 70.2 Å². The van der Waals surface area contributed by atoms with Gasteiger partial charge in [0.2, 0.25) is 0 Å². The first-order valence-corrected chi connectivity index (χ1v) is 8.79. The van der Waals surface area contributed by atoms with Gasteiger partial charge in [-0.25, -0.2) is 9.97 Å². The lowest BCUT2D eigenvalue weighted by Gasteiger charge is -2.22. The van der Waals surface area contributed by atoms with Gasteiger partial charge in [0.1, 0.15) is 17.8 Å². The average molecular weight is 339 g/mol. The molecule has 0 saturated heterocycles. The minimum absolute atomic E-state index is 0.125. The van der Waals surface area contributed by atoms with Gasteiger partial charge in [-0.3, -0.25) is 4.79 Å². The Morgan fingerprint density at radius 3 is 2.48 bits per heavy atom. The predicted octanol–water partition coefficient (Wildman–Crippen LogP) is 3.35. The molecule has 1 fully saturated rings.